The Hall–Kier alpha value is -1.40. The molecule has 5 nitrogen and oxygen atoms in total. The molecule has 86 valence electrons. The molecule has 2 rings (SSSR count). The second-order valence-electron chi connectivity index (χ2n) is 3.68. The van der Waals surface area contributed by atoms with E-state index < -0.39 is 12.2 Å². The fourth-order valence-corrected chi connectivity index (χ4v) is 2.42. The average Bonchev–Trinajstić information content (AvgIpc) is 2.74. The number of aliphatic hydroxyl groups excluding tert-OH is 1. The molecule has 1 atom stereocenters. The Morgan fingerprint density at radius 1 is 1.69 bits per heavy atom. The molecule has 0 saturated heterocycles. The summed E-state index contributed by atoms with van der Waals surface area (Å²) in [4.78, 5) is 16.2. The summed E-state index contributed by atoms with van der Waals surface area (Å²) in [6.07, 6.45) is -0.0730. The number of carbonyl (C=O) groups is 1. The molecule has 1 aromatic heterocycles. The minimum Gasteiger partial charge on any atom is -0.465 e. The normalized spacial score (nSPS) is 21.4. The van der Waals surface area contributed by atoms with Crippen LogP contribution in [0.2, 0.25) is 0 Å². The first-order valence-corrected chi connectivity index (χ1v) is 5.73. The Labute approximate surface area is 96.7 Å². The maximum atomic E-state index is 10.9. The molecule has 1 aromatic rings. The van der Waals surface area contributed by atoms with Crippen LogP contribution in [0.25, 0.3) is 5.57 Å². The Balaban J connectivity index is 2.34. The van der Waals surface area contributed by atoms with E-state index >= 15 is 0 Å². The molecule has 0 aliphatic carbocycles. The van der Waals surface area contributed by atoms with E-state index in [0.717, 1.165) is 16.2 Å². The van der Waals surface area contributed by atoms with E-state index in [1.807, 2.05) is 12.3 Å². The largest absolute Gasteiger partial charge is 0.465 e. The van der Waals surface area contributed by atoms with E-state index in [0.29, 0.717) is 6.54 Å². The number of nitrogens with zero attached hydrogens (tertiary/aromatic N) is 2. The van der Waals surface area contributed by atoms with Gasteiger partial charge in [0.25, 0.3) is 0 Å². The third-order valence-electron chi connectivity index (χ3n) is 2.68. The highest BCUT2D eigenvalue weighted by atomic mass is 32.1. The Morgan fingerprint density at radius 3 is 3.00 bits per heavy atom. The molecule has 2 N–H and O–H groups in total. The van der Waals surface area contributed by atoms with Crippen molar-refractivity contribution in [1.29, 1.82) is 0 Å². The van der Waals surface area contributed by atoms with Gasteiger partial charge >= 0.3 is 6.09 Å². The van der Waals surface area contributed by atoms with Crippen LogP contribution in [0.5, 0.6) is 0 Å². The summed E-state index contributed by atoms with van der Waals surface area (Å²) in [7, 11) is 0. The fourth-order valence-electron chi connectivity index (χ4n) is 1.68. The van der Waals surface area contributed by atoms with E-state index in [1.54, 1.807) is 6.20 Å². The minimum atomic E-state index is -1.01. The lowest BCUT2D eigenvalue weighted by molar-refractivity contribution is 0.112. The number of amides is 1. The molecule has 1 aliphatic heterocycles. The second kappa shape index (κ2) is 4.23. The third-order valence-corrected chi connectivity index (χ3v) is 3.51. The highest BCUT2D eigenvalue weighted by molar-refractivity contribution is 7.10. The number of thiazole rings is 1. The van der Waals surface area contributed by atoms with Crippen molar-refractivity contribution in [3.8, 4) is 0 Å². The van der Waals surface area contributed by atoms with Crippen molar-refractivity contribution in [3.05, 3.63) is 22.2 Å². The summed E-state index contributed by atoms with van der Waals surface area (Å²) in [5.41, 5.74) is 1.63. The minimum absolute atomic E-state index is 0.135. The molecule has 0 saturated carbocycles. The smallest absolute Gasteiger partial charge is 0.407 e. The molecule has 16 heavy (non-hydrogen) atoms. The van der Waals surface area contributed by atoms with E-state index in [2.05, 4.69) is 4.98 Å². The van der Waals surface area contributed by atoms with Gasteiger partial charge in [0.1, 0.15) is 5.01 Å². The number of carboxylic acid groups (broad SMARTS) is 1. The summed E-state index contributed by atoms with van der Waals surface area (Å²) in [5.74, 6) is 0. The van der Waals surface area contributed by atoms with Crippen molar-refractivity contribution in [3.63, 3.8) is 0 Å². The molecule has 0 spiro atoms. The van der Waals surface area contributed by atoms with Crippen LogP contribution in [-0.2, 0) is 0 Å². The number of hydrogen-bond donors (Lipinski definition) is 2. The van der Waals surface area contributed by atoms with Crippen LogP contribution in [0.1, 0.15) is 11.9 Å². The van der Waals surface area contributed by atoms with Gasteiger partial charge in [0.2, 0.25) is 0 Å². The number of hydrogen-bond acceptors (Lipinski definition) is 4. The van der Waals surface area contributed by atoms with Gasteiger partial charge in [-0.05, 0) is 12.5 Å². The van der Waals surface area contributed by atoms with E-state index in [9.17, 15) is 9.90 Å². The monoisotopic (exact) mass is 240 g/mol. The van der Waals surface area contributed by atoms with Gasteiger partial charge in [-0.25, -0.2) is 9.78 Å². The molecule has 0 fully saturated rings. The van der Waals surface area contributed by atoms with Crippen molar-refractivity contribution < 1.29 is 15.0 Å². The molecular formula is C10H12N2O3S. The van der Waals surface area contributed by atoms with Crippen LogP contribution in [0.3, 0.4) is 0 Å². The van der Waals surface area contributed by atoms with Crippen LogP contribution in [-0.4, -0.2) is 45.4 Å². The molecular weight excluding hydrogens is 228 g/mol. The molecule has 0 bridgehead atoms. The number of β-amino-alcohol motifs (C(OH)–C–C–N with tert-alkyl or cyclic N) is 1. The van der Waals surface area contributed by atoms with Crippen molar-refractivity contribution in [2.45, 2.75) is 13.0 Å². The second-order valence-corrected chi connectivity index (χ2v) is 4.57. The number of aromatic nitrogens is 1. The first-order chi connectivity index (χ1) is 7.59. The van der Waals surface area contributed by atoms with E-state index in [1.165, 1.54) is 16.2 Å². The standard InChI is InChI=1S/C10H12N2O3S/c1-6-7(9-11-2-3-16-9)4-12(10(14)15)5-8(6)13/h2-3,8,13H,4-5H2,1H3,(H,14,15). The zero-order valence-electron chi connectivity index (χ0n) is 8.75. The average molecular weight is 240 g/mol. The van der Waals surface area contributed by atoms with Gasteiger partial charge in [-0.15, -0.1) is 11.3 Å². The maximum absolute atomic E-state index is 10.9. The molecule has 1 amide bonds. The fraction of sp³-hybridized carbons (Fsp3) is 0.400. The molecule has 1 unspecified atom stereocenters. The highest BCUT2D eigenvalue weighted by Gasteiger charge is 2.28. The predicted octanol–water partition coefficient (Wildman–Crippen LogP) is 1.27. The first kappa shape index (κ1) is 11.1. The van der Waals surface area contributed by atoms with Crippen molar-refractivity contribution in [2.24, 2.45) is 0 Å². The van der Waals surface area contributed by atoms with Crippen molar-refractivity contribution >= 4 is 23.0 Å². The molecule has 1 aliphatic rings. The summed E-state index contributed by atoms with van der Waals surface area (Å²) in [6.45, 7) is 2.25. The number of aliphatic hydroxyl groups is 1. The lowest BCUT2D eigenvalue weighted by Crippen LogP contribution is -2.42. The molecule has 0 aromatic carbocycles. The zero-order chi connectivity index (χ0) is 11.7. The van der Waals surface area contributed by atoms with Crippen molar-refractivity contribution in [1.82, 2.24) is 9.88 Å². The van der Waals surface area contributed by atoms with E-state index in [4.69, 9.17) is 5.11 Å². The lowest BCUT2D eigenvalue weighted by atomic mass is 10.00. The Bertz CT molecular complexity index is 427. The lowest BCUT2D eigenvalue weighted by Gasteiger charge is -2.30. The van der Waals surface area contributed by atoms with Crippen LogP contribution < -0.4 is 0 Å². The first-order valence-electron chi connectivity index (χ1n) is 4.85. The Morgan fingerprint density at radius 2 is 2.44 bits per heavy atom. The summed E-state index contributed by atoms with van der Waals surface area (Å²) in [5, 5.41) is 21.3. The van der Waals surface area contributed by atoms with Crippen LogP contribution in [0.15, 0.2) is 17.2 Å². The van der Waals surface area contributed by atoms with Gasteiger partial charge in [0, 0.05) is 17.2 Å². The van der Waals surface area contributed by atoms with Gasteiger partial charge in [-0.1, -0.05) is 0 Å². The van der Waals surface area contributed by atoms with Crippen LogP contribution in [0, 0.1) is 0 Å². The van der Waals surface area contributed by atoms with Gasteiger partial charge in [-0.3, -0.25) is 0 Å². The molecule has 2 heterocycles. The summed E-state index contributed by atoms with van der Waals surface area (Å²) < 4.78 is 0. The number of rotatable bonds is 1. The van der Waals surface area contributed by atoms with Gasteiger partial charge in [0.15, 0.2) is 0 Å². The van der Waals surface area contributed by atoms with Crippen LogP contribution in [0.4, 0.5) is 4.79 Å². The van der Waals surface area contributed by atoms with Crippen LogP contribution >= 0.6 is 11.3 Å². The van der Waals surface area contributed by atoms with Gasteiger partial charge < -0.3 is 15.1 Å². The quantitative estimate of drug-likeness (QED) is 0.775. The topological polar surface area (TPSA) is 73.7 Å². The van der Waals surface area contributed by atoms with Crippen molar-refractivity contribution in [2.75, 3.05) is 13.1 Å². The summed E-state index contributed by atoms with van der Waals surface area (Å²) in [6, 6.07) is 0. The van der Waals surface area contributed by atoms with Gasteiger partial charge in [-0.2, -0.15) is 0 Å². The van der Waals surface area contributed by atoms with Gasteiger partial charge in [0.05, 0.1) is 19.2 Å². The molecule has 0 radical (unpaired) electrons. The molecule has 6 heteroatoms. The highest BCUT2D eigenvalue weighted by Crippen LogP contribution is 2.27. The third kappa shape index (κ3) is 1.94. The summed E-state index contributed by atoms with van der Waals surface area (Å²) >= 11 is 1.45. The SMILES string of the molecule is CC1=C(c2nccs2)CN(C(=O)O)CC1O. The Kier molecular flexibility index (Phi) is 2.93. The maximum Gasteiger partial charge on any atom is 0.407 e. The zero-order valence-corrected chi connectivity index (χ0v) is 9.57. The predicted molar refractivity (Wildman–Crippen MR) is 60.3 cm³/mol. The van der Waals surface area contributed by atoms with E-state index in [-0.39, 0.29) is 6.54 Å².